The molecule has 3 heteroatoms. The number of rotatable bonds is 2. The number of aromatic nitrogens is 1. The lowest BCUT2D eigenvalue weighted by atomic mass is 10.2. The SMILES string of the molecule is CC(=O)c1csc(C(C)C)n1. The first-order valence-corrected chi connectivity index (χ1v) is 4.45. The highest BCUT2D eigenvalue weighted by Gasteiger charge is 2.07. The third-order valence-electron chi connectivity index (χ3n) is 1.38. The van der Waals surface area contributed by atoms with Gasteiger partial charge in [0, 0.05) is 18.2 Å². The van der Waals surface area contributed by atoms with Gasteiger partial charge in [0.1, 0.15) is 5.69 Å². The van der Waals surface area contributed by atoms with Crippen LogP contribution < -0.4 is 0 Å². The molecule has 0 aliphatic carbocycles. The molecule has 1 rings (SSSR count). The van der Waals surface area contributed by atoms with Crippen molar-refractivity contribution >= 4 is 17.1 Å². The molecule has 0 saturated heterocycles. The summed E-state index contributed by atoms with van der Waals surface area (Å²) in [4.78, 5) is 15.0. The molecule has 0 aromatic carbocycles. The van der Waals surface area contributed by atoms with Crippen molar-refractivity contribution in [3.63, 3.8) is 0 Å². The maximum atomic E-state index is 10.8. The van der Waals surface area contributed by atoms with Crippen LogP contribution in [-0.2, 0) is 0 Å². The first-order valence-electron chi connectivity index (χ1n) is 3.57. The molecule has 0 N–H and O–H groups in total. The lowest BCUT2D eigenvalue weighted by Crippen LogP contribution is -1.93. The molecule has 0 aliphatic heterocycles. The van der Waals surface area contributed by atoms with Crippen LogP contribution in [0, 0.1) is 0 Å². The average molecular weight is 169 g/mol. The zero-order valence-electron chi connectivity index (χ0n) is 6.92. The van der Waals surface area contributed by atoms with E-state index in [1.54, 1.807) is 18.3 Å². The monoisotopic (exact) mass is 169 g/mol. The Morgan fingerprint density at radius 2 is 2.27 bits per heavy atom. The summed E-state index contributed by atoms with van der Waals surface area (Å²) in [7, 11) is 0. The van der Waals surface area contributed by atoms with E-state index in [1.807, 2.05) is 5.38 Å². The Labute approximate surface area is 70.3 Å². The van der Waals surface area contributed by atoms with Gasteiger partial charge in [-0.1, -0.05) is 13.8 Å². The molecule has 1 heterocycles. The third-order valence-corrected chi connectivity index (χ3v) is 2.52. The summed E-state index contributed by atoms with van der Waals surface area (Å²) in [5.41, 5.74) is 0.596. The fraction of sp³-hybridized carbons (Fsp3) is 0.500. The molecule has 11 heavy (non-hydrogen) atoms. The van der Waals surface area contributed by atoms with Crippen molar-refractivity contribution in [2.75, 3.05) is 0 Å². The molecule has 60 valence electrons. The van der Waals surface area contributed by atoms with Crippen molar-refractivity contribution in [1.29, 1.82) is 0 Å². The summed E-state index contributed by atoms with van der Waals surface area (Å²) < 4.78 is 0. The van der Waals surface area contributed by atoms with E-state index in [2.05, 4.69) is 18.8 Å². The highest BCUT2D eigenvalue weighted by Crippen LogP contribution is 2.18. The Balaban J connectivity index is 2.90. The first-order chi connectivity index (χ1) is 5.11. The Bertz CT molecular complexity index is 265. The van der Waals surface area contributed by atoms with Crippen LogP contribution in [0.5, 0.6) is 0 Å². The molecule has 0 bridgehead atoms. The van der Waals surface area contributed by atoms with Crippen LogP contribution in [0.15, 0.2) is 5.38 Å². The second kappa shape index (κ2) is 3.13. The van der Waals surface area contributed by atoms with Crippen molar-refractivity contribution < 1.29 is 4.79 Å². The number of hydrogen-bond donors (Lipinski definition) is 0. The van der Waals surface area contributed by atoms with Gasteiger partial charge < -0.3 is 0 Å². The molecule has 1 aromatic rings. The zero-order chi connectivity index (χ0) is 8.43. The van der Waals surface area contributed by atoms with Crippen LogP contribution in [0.25, 0.3) is 0 Å². The molecule has 0 atom stereocenters. The van der Waals surface area contributed by atoms with Gasteiger partial charge in [-0.15, -0.1) is 11.3 Å². The molecule has 0 unspecified atom stereocenters. The van der Waals surface area contributed by atoms with Crippen molar-refractivity contribution in [3.05, 3.63) is 16.1 Å². The number of carbonyl (C=O) groups is 1. The molecule has 1 aromatic heterocycles. The van der Waals surface area contributed by atoms with E-state index >= 15 is 0 Å². The number of hydrogen-bond acceptors (Lipinski definition) is 3. The van der Waals surface area contributed by atoms with Crippen LogP contribution in [-0.4, -0.2) is 10.8 Å². The van der Waals surface area contributed by atoms with Gasteiger partial charge in [-0.2, -0.15) is 0 Å². The molecule has 0 aliphatic rings. The highest BCUT2D eigenvalue weighted by atomic mass is 32.1. The van der Waals surface area contributed by atoms with Crippen LogP contribution in [0.2, 0.25) is 0 Å². The van der Waals surface area contributed by atoms with Gasteiger partial charge in [0.15, 0.2) is 5.78 Å². The quantitative estimate of drug-likeness (QED) is 0.636. The third kappa shape index (κ3) is 1.87. The number of thiazole rings is 1. The van der Waals surface area contributed by atoms with E-state index in [0.29, 0.717) is 11.6 Å². The number of carbonyl (C=O) groups excluding carboxylic acids is 1. The second-order valence-corrected chi connectivity index (χ2v) is 3.67. The Morgan fingerprint density at radius 3 is 2.55 bits per heavy atom. The number of ketones is 1. The van der Waals surface area contributed by atoms with Gasteiger partial charge in [-0.25, -0.2) is 4.98 Å². The number of nitrogens with zero attached hydrogens (tertiary/aromatic N) is 1. The number of Topliss-reactive ketones (excluding diaryl/α,β-unsaturated/α-hetero) is 1. The Hall–Kier alpha value is -0.700. The largest absolute Gasteiger partial charge is 0.293 e. The van der Waals surface area contributed by atoms with Gasteiger partial charge in [0.2, 0.25) is 0 Å². The normalized spacial score (nSPS) is 10.5. The van der Waals surface area contributed by atoms with E-state index < -0.39 is 0 Å². The lowest BCUT2D eigenvalue weighted by molar-refractivity contribution is 0.101. The van der Waals surface area contributed by atoms with E-state index in [0.717, 1.165) is 5.01 Å². The maximum absolute atomic E-state index is 10.8. The molecular weight excluding hydrogens is 158 g/mol. The molecule has 0 radical (unpaired) electrons. The standard InChI is InChI=1S/C8H11NOS/c1-5(2)8-9-7(4-11-8)6(3)10/h4-5H,1-3H3. The van der Waals surface area contributed by atoms with Crippen LogP contribution in [0.3, 0.4) is 0 Å². The van der Waals surface area contributed by atoms with Gasteiger partial charge in [0.25, 0.3) is 0 Å². The highest BCUT2D eigenvalue weighted by molar-refractivity contribution is 7.09. The van der Waals surface area contributed by atoms with E-state index in [-0.39, 0.29) is 5.78 Å². The van der Waals surface area contributed by atoms with Crippen LogP contribution >= 0.6 is 11.3 Å². The smallest absolute Gasteiger partial charge is 0.178 e. The fourth-order valence-corrected chi connectivity index (χ4v) is 1.59. The molecule has 0 fully saturated rings. The van der Waals surface area contributed by atoms with Crippen molar-refractivity contribution in [3.8, 4) is 0 Å². The molecule has 0 spiro atoms. The molecular formula is C8H11NOS. The topological polar surface area (TPSA) is 30.0 Å². The minimum atomic E-state index is 0.0492. The summed E-state index contributed by atoms with van der Waals surface area (Å²) in [5.74, 6) is 0.473. The fourth-order valence-electron chi connectivity index (χ4n) is 0.714. The Kier molecular flexibility index (Phi) is 2.39. The van der Waals surface area contributed by atoms with E-state index in [1.165, 1.54) is 0 Å². The first kappa shape index (κ1) is 8.40. The second-order valence-electron chi connectivity index (χ2n) is 2.78. The van der Waals surface area contributed by atoms with E-state index in [4.69, 9.17) is 0 Å². The summed E-state index contributed by atoms with van der Waals surface area (Å²) in [6, 6.07) is 0. The van der Waals surface area contributed by atoms with E-state index in [9.17, 15) is 4.79 Å². The molecule has 0 saturated carbocycles. The predicted octanol–water partition coefficient (Wildman–Crippen LogP) is 2.47. The van der Waals surface area contributed by atoms with Crippen LogP contribution in [0.1, 0.15) is 42.2 Å². The van der Waals surface area contributed by atoms with Crippen molar-refractivity contribution in [1.82, 2.24) is 4.98 Å². The summed E-state index contributed by atoms with van der Waals surface area (Å²) in [6.45, 7) is 5.69. The van der Waals surface area contributed by atoms with Crippen molar-refractivity contribution in [2.45, 2.75) is 26.7 Å². The zero-order valence-corrected chi connectivity index (χ0v) is 7.73. The molecule has 0 amide bonds. The maximum Gasteiger partial charge on any atom is 0.178 e. The minimum absolute atomic E-state index is 0.0492. The summed E-state index contributed by atoms with van der Waals surface area (Å²) >= 11 is 1.55. The average Bonchev–Trinajstić information content (AvgIpc) is 2.33. The summed E-state index contributed by atoms with van der Waals surface area (Å²) in [6.07, 6.45) is 0. The molecule has 2 nitrogen and oxygen atoms in total. The summed E-state index contributed by atoms with van der Waals surface area (Å²) in [5, 5.41) is 2.85. The van der Waals surface area contributed by atoms with Crippen molar-refractivity contribution in [2.24, 2.45) is 0 Å². The minimum Gasteiger partial charge on any atom is -0.293 e. The predicted molar refractivity (Wildman–Crippen MR) is 46.2 cm³/mol. The lowest BCUT2D eigenvalue weighted by Gasteiger charge is -1.95. The van der Waals surface area contributed by atoms with Gasteiger partial charge in [-0.05, 0) is 0 Å². The Morgan fingerprint density at radius 1 is 1.64 bits per heavy atom. The van der Waals surface area contributed by atoms with Gasteiger partial charge >= 0.3 is 0 Å². The van der Waals surface area contributed by atoms with Gasteiger partial charge in [0.05, 0.1) is 5.01 Å². The van der Waals surface area contributed by atoms with Crippen LogP contribution in [0.4, 0.5) is 0 Å². The van der Waals surface area contributed by atoms with Gasteiger partial charge in [-0.3, -0.25) is 4.79 Å².